The molecule has 2 aromatic carbocycles. The number of hydrogen-bond donors (Lipinski definition) is 1. The molecule has 0 fully saturated rings. The van der Waals surface area contributed by atoms with Crippen molar-refractivity contribution in [3.05, 3.63) is 91.3 Å². The highest BCUT2D eigenvalue weighted by Crippen LogP contribution is 2.23. The SMILES string of the molecule is O=S(=O)(Nc1ccc(-c2ccc3nnc(-c4cccnc4)n3n2)cc1)c1ccccc1. The minimum Gasteiger partial charge on any atom is -0.280 e. The van der Waals surface area contributed by atoms with Crippen molar-refractivity contribution in [2.24, 2.45) is 0 Å². The summed E-state index contributed by atoms with van der Waals surface area (Å²) < 4.78 is 29.3. The summed E-state index contributed by atoms with van der Waals surface area (Å²) in [7, 11) is -3.64. The third-order valence-corrected chi connectivity index (χ3v) is 6.07. The van der Waals surface area contributed by atoms with Crippen LogP contribution < -0.4 is 4.72 Å². The van der Waals surface area contributed by atoms with Gasteiger partial charge < -0.3 is 0 Å². The Morgan fingerprint density at radius 1 is 0.774 bits per heavy atom. The fraction of sp³-hybridized carbons (Fsp3) is 0. The topological polar surface area (TPSA) is 102 Å². The van der Waals surface area contributed by atoms with Gasteiger partial charge in [0.15, 0.2) is 11.5 Å². The highest BCUT2D eigenvalue weighted by molar-refractivity contribution is 7.92. The number of sulfonamides is 1. The summed E-state index contributed by atoms with van der Waals surface area (Å²) in [4.78, 5) is 4.33. The predicted octanol–water partition coefficient (Wildman–Crippen LogP) is 3.65. The molecule has 3 heterocycles. The number of benzene rings is 2. The third kappa shape index (κ3) is 3.74. The molecule has 0 aliphatic heterocycles. The predicted molar refractivity (Wildman–Crippen MR) is 117 cm³/mol. The first-order chi connectivity index (χ1) is 15.1. The van der Waals surface area contributed by atoms with E-state index in [4.69, 9.17) is 0 Å². The van der Waals surface area contributed by atoms with Crippen LogP contribution in [0.1, 0.15) is 0 Å². The van der Waals surface area contributed by atoms with Crippen molar-refractivity contribution in [2.75, 3.05) is 4.72 Å². The van der Waals surface area contributed by atoms with Crippen molar-refractivity contribution in [3.63, 3.8) is 0 Å². The van der Waals surface area contributed by atoms with Gasteiger partial charge in [-0.25, -0.2) is 8.42 Å². The average molecular weight is 428 g/mol. The molecule has 9 heteroatoms. The van der Waals surface area contributed by atoms with Gasteiger partial charge in [0.1, 0.15) is 0 Å². The molecule has 0 bridgehead atoms. The van der Waals surface area contributed by atoms with Gasteiger partial charge in [-0.05, 0) is 48.5 Å². The van der Waals surface area contributed by atoms with Crippen LogP contribution in [0, 0.1) is 0 Å². The zero-order valence-electron chi connectivity index (χ0n) is 16.1. The number of nitrogens with zero attached hydrogens (tertiary/aromatic N) is 5. The molecule has 5 aromatic rings. The van der Waals surface area contributed by atoms with E-state index in [1.54, 1.807) is 59.4 Å². The lowest BCUT2D eigenvalue weighted by Crippen LogP contribution is -2.12. The number of hydrogen-bond acceptors (Lipinski definition) is 6. The molecule has 0 unspecified atom stereocenters. The van der Waals surface area contributed by atoms with Crippen LogP contribution in [-0.2, 0) is 10.0 Å². The molecular formula is C22H16N6O2S. The number of nitrogens with one attached hydrogen (secondary N) is 1. The van der Waals surface area contributed by atoms with E-state index in [-0.39, 0.29) is 4.90 Å². The second-order valence-corrected chi connectivity index (χ2v) is 8.43. The molecule has 0 atom stereocenters. The zero-order chi connectivity index (χ0) is 21.3. The molecule has 0 saturated heterocycles. The van der Waals surface area contributed by atoms with Crippen LogP contribution >= 0.6 is 0 Å². The van der Waals surface area contributed by atoms with E-state index in [9.17, 15) is 8.42 Å². The summed E-state index contributed by atoms with van der Waals surface area (Å²) in [6.07, 6.45) is 3.40. The minimum atomic E-state index is -3.64. The Labute approximate surface area is 178 Å². The van der Waals surface area contributed by atoms with Crippen LogP contribution in [0.5, 0.6) is 0 Å². The van der Waals surface area contributed by atoms with Gasteiger partial charge in [0.2, 0.25) is 0 Å². The highest BCUT2D eigenvalue weighted by atomic mass is 32.2. The van der Waals surface area contributed by atoms with Crippen molar-refractivity contribution in [1.29, 1.82) is 0 Å². The van der Waals surface area contributed by atoms with Crippen molar-refractivity contribution in [2.45, 2.75) is 4.90 Å². The first-order valence-corrected chi connectivity index (χ1v) is 10.9. The van der Waals surface area contributed by atoms with Crippen molar-refractivity contribution >= 4 is 21.4 Å². The lowest BCUT2D eigenvalue weighted by Gasteiger charge is -2.09. The van der Waals surface area contributed by atoms with E-state index in [1.807, 2.05) is 36.4 Å². The zero-order valence-corrected chi connectivity index (χ0v) is 16.9. The smallest absolute Gasteiger partial charge is 0.261 e. The average Bonchev–Trinajstić information content (AvgIpc) is 3.24. The summed E-state index contributed by atoms with van der Waals surface area (Å²) in [6.45, 7) is 0. The molecule has 0 aliphatic carbocycles. The Morgan fingerprint density at radius 2 is 1.58 bits per heavy atom. The molecule has 8 nitrogen and oxygen atoms in total. The normalized spacial score (nSPS) is 11.5. The number of rotatable bonds is 5. The Bertz CT molecular complexity index is 1450. The molecule has 0 aliphatic rings. The van der Waals surface area contributed by atoms with Crippen LogP contribution in [0.2, 0.25) is 0 Å². The number of fused-ring (bicyclic) bond motifs is 1. The Kier molecular flexibility index (Phi) is 4.64. The van der Waals surface area contributed by atoms with E-state index in [0.29, 0.717) is 22.9 Å². The summed E-state index contributed by atoms with van der Waals surface area (Å²) in [6, 6.07) is 22.7. The van der Waals surface area contributed by atoms with Gasteiger partial charge in [0.05, 0.1) is 10.6 Å². The Balaban J connectivity index is 1.45. The quantitative estimate of drug-likeness (QED) is 0.458. The van der Waals surface area contributed by atoms with Gasteiger partial charge in [-0.15, -0.1) is 10.2 Å². The molecule has 152 valence electrons. The fourth-order valence-electron chi connectivity index (χ4n) is 3.14. The number of anilines is 1. The molecule has 31 heavy (non-hydrogen) atoms. The van der Waals surface area contributed by atoms with Crippen LogP contribution in [0.25, 0.3) is 28.3 Å². The largest absolute Gasteiger partial charge is 0.280 e. The molecule has 3 aromatic heterocycles. The standard InChI is InChI=1S/C22H16N6O2S/c29-31(30,19-6-2-1-3-7-19)27-18-10-8-16(9-11-18)20-12-13-21-24-25-22(28(21)26-20)17-5-4-14-23-15-17/h1-15,27H. The fourth-order valence-corrected chi connectivity index (χ4v) is 4.22. The molecular weight excluding hydrogens is 412 g/mol. The third-order valence-electron chi connectivity index (χ3n) is 4.67. The first kappa shape index (κ1) is 18.9. The summed E-state index contributed by atoms with van der Waals surface area (Å²) in [5.74, 6) is 0.595. The van der Waals surface area contributed by atoms with Crippen LogP contribution in [0.15, 0.2) is 96.2 Å². The van der Waals surface area contributed by atoms with Gasteiger partial charge in [-0.1, -0.05) is 30.3 Å². The first-order valence-electron chi connectivity index (χ1n) is 9.41. The van der Waals surface area contributed by atoms with Gasteiger partial charge >= 0.3 is 0 Å². The molecule has 1 N–H and O–H groups in total. The van der Waals surface area contributed by atoms with E-state index >= 15 is 0 Å². The van der Waals surface area contributed by atoms with Gasteiger partial charge in [-0.2, -0.15) is 9.61 Å². The summed E-state index contributed by atoms with van der Waals surface area (Å²) in [5, 5.41) is 13.0. The lowest BCUT2D eigenvalue weighted by molar-refractivity contribution is 0.601. The minimum absolute atomic E-state index is 0.210. The Morgan fingerprint density at radius 3 is 2.32 bits per heavy atom. The second-order valence-electron chi connectivity index (χ2n) is 6.75. The molecule has 0 saturated carbocycles. The van der Waals surface area contributed by atoms with E-state index in [2.05, 4.69) is 25.0 Å². The molecule has 0 spiro atoms. The molecule has 0 amide bonds. The Hall–Kier alpha value is -4.11. The van der Waals surface area contributed by atoms with Crippen LogP contribution in [-0.4, -0.2) is 33.2 Å². The van der Waals surface area contributed by atoms with Crippen molar-refractivity contribution in [1.82, 2.24) is 24.8 Å². The van der Waals surface area contributed by atoms with E-state index < -0.39 is 10.0 Å². The highest BCUT2D eigenvalue weighted by Gasteiger charge is 2.14. The van der Waals surface area contributed by atoms with Gasteiger partial charge in [0.25, 0.3) is 10.0 Å². The number of pyridine rings is 1. The molecule has 5 rings (SSSR count). The van der Waals surface area contributed by atoms with Gasteiger partial charge in [0, 0.05) is 29.2 Å². The molecule has 0 radical (unpaired) electrons. The summed E-state index contributed by atoms with van der Waals surface area (Å²) >= 11 is 0. The van der Waals surface area contributed by atoms with Gasteiger partial charge in [-0.3, -0.25) is 9.71 Å². The number of aromatic nitrogens is 5. The van der Waals surface area contributed by atoms with E-state index in [0.717, 1.165) is 11.1 Å². The summed E-state index contributed by atoms with van der Waals surface area (Å²) in [5.41, 5.74) is 3.43. The van der Waals surface area contributed by atoms with Crippen molar-refractivity contribution in [3.8, 4) is 22.6 Å². The monoisotopic (exact) mass is 428 g/mol. The maximum Gasteiger partial charge on any atom is 0.261 e. The van der Waals surface area contributed by atoms with E-state index in [1.165, 1.54) is 0 Å². The van der Waals surface area contributed by atoms with Crippen LogP contribution in [0.4, 0.5) is 5.69 Å². The van der Waals surface area contributed by atoms with Crippen LogP contribution in [0.3, 0.4) is 0 Å². The maximum atomic E-state index is 12.5. The lowest BCUT2D eigenvalue weighted by atomic mass is 10.1. The maximum absolute atomic E-state index is 12.5. The van der Waals surface area contributed by atoms with Crippen molar-refractivity contribution < 1.29 is 8.42 Å². The second kappa shape index (κ2) is 7.62.